The van der Waals surface area contributed by atoms with Gasteiger partial charge in [0, 0.05) is 17.7 Å². The van der Waals surface area contributed by atoms with Crippen LogP contribution in [0.4, 0.5) is 4.39 Å². The van der Waals surface area contributed by atoms with Gasteiger partial charge in [0.25, 0.3) is 0 Å². The highest BCUT2D eigenvalue weighted by Crippen LogP contribution is 2.20. The van der Waals surface area contributed by atoms with Crippen LogP contribution in [-0.4, -0.2) is 21.5 Å². The highest BCUT2D eigenvalue weighted by Gasteiger charge is 2.14. The Labute approximate surface area is 166 Å². The van der Waals surface area contributed by atoms with Crippen LogP contribution in [0.25, 0.3) is 11.3 Å². The fourth-order valence-corrected chi connectivity index (χ4v) is 3.23. The van der Waals surface area contributed by atoms with E-state index in [0.29, 0.717) is 18.7 Å². The fraction of sp³-hybridized carbons (Fsp3) is 0.391. The summed E-state index contributed by atoms with van der Waals surface area (Å²) in [6.45, 7) is 4.19. The maximum atomic E-state index is 14.0. The van der Waals surface area contributed by atoms with Gasteiger partial charge < -0.3 is 5.32 Å². The van der Waals surface area contributed by atoms with E-state index in [1.165, 1.54) is 38.2 Å². The second-order valence-corrected chi connectivity index (χ2v) is 7.07. The summed E-state index contributed by atoms with van der Waals surface area (Å²) in [6, 6.07) is 16.8. The van der Waals surface area contributed by atoms with Crippen LogP contribution in [0, 0.1) is 5.82 Å². The Bertz CT molecular complexity index is 845. The Morgan fingerprint density at radius 1 is 0.893 bits per heavy atom. The van der Waals surface area contributed by atoms with Crippen LogP contribution in [0.3, 0.4) is 0 Å². The molecule has 5 heteroatoms. The second-order valence-electron chi connectivity index (χ2n) is 7.07. The number of rotatable bonds is 11. The maximum Gasteiger partial charge on any atom is 0.128 e. The smallest absolute Gasteiger partial charge is 0.128 e. The molecule has 2 aromatic carbocycles. The van der Waals surface area contributed by atoms with E-state index >= 15 is 0 Å². The molecule has 0 aliphatic carbocycles. The van der Waals surface area contributed by atoms with Gasteiger partial charge in [0.15, 0.2) is 0 Å². The third kappa shape index (κ3) is 5.73. The van der Waals surface area contributed by atoms with Crippen molar-refractivity contribution in [2.45, 2.75) is 52.1 Å². The average molecular weight is 381 g/mol. The van der Waals surface area contributed by atoms with Gasteiger partial charge >= 0.3 is 0 Å². The molecule has 0 saturated heterocycles. The van der Waals surface area contributed by atoms with Crippen LogP contribution >= 0.6 is 0 Å². The summed E-state index contributed by atoms with van der Waals surface area (Å²) in [7, 11) is 0. The lowest BCUT2D eigenvalue weighted by Gasteiger charge is -2.04. The molecule has 1 aromatic heterocycles. The average Bonchev–Trinajstić information content (AvgIpc) is 3.12. The van der Waals surface area contributed by atoms with Crippen LogP contribution in [0.15, 0.2) is 54.6 Å². The topological polar surface area (TPSA) is 42.7 Å². The van der Waals surface area contributed by atoms with E-state index < -0.39 is 0 Å². The van der Waals surface area contributed by atoms with E-state index in [2.05, 4.69) is 22.4 Å². The van der Waals surface area contributed by atoms with E-state index in [0.717, 1.165) is 23.5 Å². The third-order valence-electron chi connectivity index (χ3n) is 4.79. The standard InChI is InChI=1S/C23H29FN4/c1-2-3-4-5-11-16-25-17-22-23(19-12-7-6-8-13-19)27-28(26-22)18-20-14-9-10-15-21(20)24/h6-10,12-15,25H,2-5,11,16-18H2,1H3. The first-order valence-corrected chi connectivity index (χ1v) is 10.2. The van der Waals surface area contributed by atoms with Crippen molar-refractivity contribution < 1.29 is 4.39 Å². The lowest BCUT2D eigenvalue weighted by atomic mass is 10.1. The zero-order chi connectivity index (χ0) is 19.6. The summed E-state index contributed by atoms with van der Waals surface area (Å²) < 4.78 is 14.0. The summed E-state index contributed by atoms with van der Waals surface area (Å²) in [6.07, 6.45) is 6.30. The number of unbranched alkanes of at least 4 members (excludes halogenated alkanes) is 4. The van der Waals surface area contributed by atoms with Crippen molar-refractivity contribution in [3.8, 4) is 11.3 Å². The molecule has 1 heterocycles. The molecule has 0 radical (unpaired) electrons. The first-order chi connectivity index (χ1) is 13.8. The van der Waals surface area contributed by atoms with Crippen molar-refractivity contribution in [3.05, 3.63) is 71.7 Å². The predicted octanol–water partition coefficient (Wildman–Crippen LogP) is 5.19. The first-order valence-electron chi connectivity index (χ1n) is 10.2. The van der Waals surface area contributed by atoms with Gasteiger partial charge in [-0.25, -0.2) is 4.39 Å². The number of aromatic nitrogens is 3. The van der Waals surface area contributed by atoms with Gasteiger partial charge in [0.1, 0.15) is 17.2 Å². The van der Waals surface area contributed by atoms with E-state index in [1.54, 1.807) is 16.9 Å². The van der Waals surface area contributed by atoms with E-state index in [-0.39, 0.29) is 5.82 Å². The molecule has 0 aliphatic heterocycles. The summed E-state index contributed by atoms with van der Waals surface area (Å²) in [4.78, 5) is 1.60. The summed E-state index contributed by atoms with van der Waals surface area (Å²) >= 11 is 0. The minimum absolute atomic E-state index is 0.229. The zero-order valence-corrected chi connectivity index (χ0v) is 16.6. The molecule has 4 nitrogen and oxygen atoms in total. The van der Waals surface area contributed by atoms with E-state index in [9.17, 15) is 4.39 Å². The Morgan fingerprint density at radius 2 is 1.64 bits per heavy atom. The van der Waals surface area contributed by atoms with Crippen molar-refractivity contribution in [2.75, 3.05) is 6.54 Å². The van der Waals surface area contributed by atoms with Crippen molar-refractivity contribution in [2.24, 2.45) is 0 Å². The van der Waals surface area contributed by atoms with Crippen molar-refractivity contribution in [1.29, 1.82) is 0 Å². The SMILES string of the molecule is CCCCCCCNCc1nn(Cc2ccccc2F)nc1-c1ccccc1. The Hall–Kier alpha value is -2.53. The van der Waals surface area contributed by atoms with Gasteiger partial charge in [-0.15, -0.1) is 0 Å². The fourth-order valence-electron chi connectivity index (χ4n) is 3.23. The third-order valence-corrected chi connectivity index (χ3v) is 4.79. The predicted molar refractivity (Wildman–Crippen MR) is 111 cm³/mol. The molecular formula is C23H29FN4. The van der Waals surface area contributed by atoms with Crippen LogP contribution in [-0.2, 0) is 13.1 Å². The number of hydrogen-bond acceptors (Lipinski definition) is 3. The molecule has 1 N–H and O–H groups in total. The van der Waals surface area contributed by atoms with E-state index in [4.69, 9.17) is 0 Å². The van der Waals surface area contributed by atoms with Crippen LogP contribution < -0.4 is 5.32 Å². The van der Waals surface area contributed by atoms with E-state index in [1.807, 2.05) is 36.4 Å². The summed E-state index contributed by atoms with van der Waals surface area (Å²) in [5.41, 5.74) is 3.38. The largest absolute Gasteiger partial charge is 0.311 e. The Balaban J connectivity index is 1.68. The van der Waals surface area contributed by atoms with Gasteiger partial charge in [-0.1, -0.05) is 81.1 Å². The highest BCUT2D eigenvalue weighted by atomic mass is 19.1. The molecule has 0 unspecified atom stereocenters. The molecule has 3 aromatic rings. The molecular weight excluding hydrogens is 351 g/mol. The number of nitrogens with zero attached hydrogens (tertiary/aromatic N) is 3. The number of hydrogen-bond donors (Lipinski definition) is 1. The number of nitrogens with one attached hydrogen (secondary N) is 1. The molecule has 0 amide bonds. The van der Waals surface area contributed by atoms with Gasteiger partial charge in [-0.3, -0.25) is 0 Å². The molecule has 0 aliphatic rings. The minimum atomic E-state index is -0.229. The highest BCUT2D eigenvalue weighted by molar-refractivity contribution is 5.60. The molecule has 0 bridgehead atoms. The molecule has 0 saturated carbocycles. The van der Waals surface area contributed by atoms with Gasteiger partial charge in [0.2, 0.25) is 0 Å². The normalized spacial score (nSPS) is 11.1. The lowest BCUT2D eigenvalue weighted by Crippen LogP contribution is -2.16. The zero-order valence-electron chi connectivity index (χ0n) is 16.6. The van der Waals surface area contributed by atoms with Crippen molar-refractivity contribution in [1.82, 2.24) is 20.3 Å². The number of benzene rings is 2. The summed E-state index contributed by atoms with van der Waals surface area (Å²) in [5.74, 6) is -0.229. The summed E-state index contributed by atoms with van der Waals surface area (Å²) in [5, 5.41) is 12.8. The Kier molecular flexibility index (Phi) is 7.73. The first kappa shape index (κ1) is 20.2. The molecule has 148 valence electrons. The van der Waals surface area contributed by atoms with Crippen molar-refractivity contribution in [3.63, 3.8) is 0 Å². The Morgan fingerprint density at radius 3 is 2.43 bits per heavy atom. The van der Waals surface area contributed by atoms with Crippen LogP contribution in [0.1, 0.15) is 50.3 Å². The van der Waals surface area contributed by atoms with Gasteiger partial charge in [-0.2, -0.15) is 15.0 Å². The van der Waals surface area contributed by atoms with Crippen LogP contribution in [0.2, 0.25) is 0 Å². The second kappa shape index (κ2) is 10.7. The van der Waals surface area contributed by atoms with Gasteiger partial charge in [0.05, 0.1) is 6.54 Å². The maximum absolute atomic E-state index is 14.0. The van der Waals surface area contributed by atoms with Crippen molar-refractivity contribution >= 4 is 0 Å². The minimum Gasteiger partial charge on any atom is -0.311 e. The molecule has 0 atom stereocenters. The number of halogens is 1. The quantitative estimate of drug-likeness (QED) is 0.465. The lowest BCUT2D eigenvalue weighted by molar-refractivity contribution is 0.539. The van der Waals surface area contributed by atoms with Gasteiger partial charge in [-0.05, 0) is 19.0 Å². The molecule has 0 spiro atoms. The van der Waals surface area contributed by atoms with Crippen LogP contribution in [0.5, 0.6) is 0 Å². The monoisotopic (exact) mass is 380 g/mol. The molecule has 3 rings (SSSR count). The molecule has 0 fully saturated rings. The molecule has 28 heavy (non-hydrogen) atoms.